The van der Waals surface area contributed by atoms with Crippen molar-refractivity contribution in [3.05, 3.63) is 29.8 Å². The Morgan fingerprint density at radius 1 is 1.33 bits per heavy atom. The van der Waals surface area contributed by atoms with E-state index < -0.39 is 0 Å². The average molecular weight is 288 g/mol. The molecule has 1 saturated heterocycles. The molecule has 21 heavy (non-hydrogen) atoms. The second kappa shape index (κ2) is 5.62. The van der Waals surface area contributed by atoms with Crippen molar-refractivity contribution in [1.82, 2.24) is 4.90 Å². The van der Waals surface area contributed by atoms with Crippen LogP contribution in [0.1, 0.15) is 45.2 Å². The van der Waals surface area contributed by atoms with Gasteiger partial charge in [-0.15, -0.1) is 0 Å². The van der Waals surface area contributed by atoms with E-state index >= 15 is 0 Å². The van der Waals surface area contributed by atoms with Crippen molar-refractivity contribution in [2.24, 2.45) is 17.6 Å². The zero-order valence-corrected chi connectivity index (χ0v) is 13.5. The third-order valence-electron chi connectivity index (χ3n) is 5.17. The lowest BCUT2D eigenvalue weighted by Crippen LogP contribution is -2.53. The number of hydrogen-bond donors (Lipinski definition) is 1. The van der Waals surface area contributed by atoms with E-state index in [4.69, 9.17) is 10.5 Å². The van der Waals surface area contributed by atoms with Crippen molar-refractivity contribution in [2.45, 2.75) is 45.3 Å². The summed E-state index contributed by atoms with van der Waals surface area (Å²) < 4.78 is 6.26. The van der Waals surface area contributed by atoms with Gasteiger partial charge in [-0.25, -0.2) is 0 Å². The number of ether oxygens (including phenoxy) is 1. The van der Waals surface area contributed by atoms with E-state index in [2.05, 4.69) is 37.8 Å². The van der Waals surface area contributed by atoms with Crippen LogP contribution >= 0.6 is 0 Å². The Bertz CT molecular complexity index is 500. The van der Waals surface area contributed by atoms with Gasteiger partial charge in [-0.05, 0) is 45.2 Å². The lowest BCUT2D eigenvalue weighted by Gasteiger charge is -2.46. The second-order valence-corrected chi connectivity index (χ2v) is 7.38. The Morgan fingerprint density at radius 3 is 2.86 bits per heavy atom. The Kier molecular flexibility index (Phi) is 3.98. The summed E-state index contributed by atoms with van der Waals surface area (Å²) in [5, 5.41) is 0. The lowest BCUT2D eigenvalue weighted by atomic mass is 9.78. The number of nitrogens with zero attached hydrogens (tertiary/aromatic N) is 1. The average Bonchev–Trinajstić information content (AvgIpc) is 2.43. The smallest absolute Gasteiger partial charge is 0.124 e. The predicted molar refractivity (Wildman–Crippen MR) is 86.4 cm³/mol. The van der Waals surface area contributed by atoms with E-state index in [-0.39, 0.29) is 11.6 Å². The van der Waals surface area contributed by atoms with E-state index in [1.165, 1.54) is 25.9 Å². The molecule has 1 aromatic rings. The Balaban J connectivity index is 1.80. The van der Waals surface area contributed by atoms with Gasteiger partial charge in [-0.1, -0.05) is 25.1 Å². The van der Waals surface area contributed by atoms with Crippen LogP contribution in [0.3, 0.4) is 0 Å². The number of hydrogen-bond acceptors (Lipinski definition) is 3. The third-order valence-corrected chi connectivity index (χ3v) is 5.17. The first-order valence-electron chi connectivity index (χ1n) is 8.23. The SMILES string of the molecule is CC1CCCN(CC2C(N)c3ccccc3OC2(C)C)C1. The summed E-state index contributed by atoms with van der Waals surface area (Å²) in [5.74, 6) is 2.09. The molecule has 0 spiro atoms. The maximum Gasteiger partial charge on any atom is 0.124 e. The van der Waals surface area contributed by atoms with Crippen LogP contribution in [0.5, 0.6) is 5.75 Å². The molecule has 1 aromatic carbocycles. The molecule has 2 aliphatic rings. The number of para-hydroxylation sites is 1. The molecule has 0 amide bonds. The minimum atomic E-state index is -0.214. The van der Waals surface area contributed by atoms with Crippen LogP contribution in [0.15, 0.2) is 24.3 Å². The fraction of sp³-hybridized carbons (Fsp3) is 0.667. The molecule has 0 bridgehead atoms. The molecule has 2 aliphatic heterocycles. The largest absolute Gasteiger partial charge is 0.487 e. The molecule has 0 radical (unpaired) electrons. The molecule has 0 aromatic heterocycles. The highest BCUT2D eigenvalue weighted by Crippen LogP contribution is 2.42. The van der Waals surface area contributed by atoms with Gasteiger partial charge in [0.25, 0.3) is 0 Å². The van der Waals surface area contributed by atoms with Crippen LogP contribution in [0, 0.1) is 11.8 Å². The Morgan fingerprint density at radius 2 is 2.10 bits per heavy atom. The number of nitrogens with two attached hydrogens (primary N) is 1. The third kappa shape index (κ3) is 2.95. The van der Waals surface area contributed by atoms with Gasteiger partial charge in [0.1, 0.15) is 11.4 Å². The van der Waals surface area contributed by atoms with Crippen LogP contribution in [0.2, 0.25) is 0 Å². The van der Waals surface area contributed by atoms with Crippen molar-refractivity contribution in [3.63, 3.8) is 0 Å². The van der Waals surface area contributed by atoms with E-state index in [0.29, 0.717) is 5.92 Å². The van der Waals surface area contributed by atoms with Crippen LogP contribution < -0.4 is 10.5 Å². The molecular formula is C18H28N2O. The van der Waals surface area contributed by atoms with E-state index in [1.54, 1.807) is 0 Å². The van der Waals surface area contributed by atoms with Crippen molar-refractivity contribution in [1.29, 1.82) is 0 Å². The lowest BCUT2D eigenvalue weighted by molar-refractivity contribution is -0.0120. The summed E-state index contributed by atoms with van der Waals surface area (Å²) >= 11 is 0. The molecule has 3 rings (SSSR count). The first-order valence-corrected chi connectivity index (χ1v) is 8.23. The summed E-state index contributed by atoms with van der Waals surface area (Å²) in [4.78, 5) is 2.58. The summed E-state index contributed by atoms with van der Waals surface area (Å²) in [6.45, 7) is 10.1. The fourth-order valence-corrected chi connectivity index (χ4v) is 3.92. The van der Waals surface area contributed by atoms with Crippen LogP contribution in [-0.4, -0.2) is 30.1 Å². The van der Waals surface area contributed by atoms with Crippen molar-refractivity contribution < 1.29 is 4.74 Å². The number of benzene rings is 1. The standard InChI is InChI=1S/C18H28N2O/c1-13-7-6-10-20(11-13)12-15-17(19)14-8-4-5-9-16(14)21-18(15,2)3/h4-5,8-9,13,15,17H,6-7,10-12,19H2,1-3H3. The van der Waals surface area contributed by atoms with E-state index in [0.717, 1.165) is 23.8 Å². The van der Waals surface area contributed by atoms with Gasteiger partial charge in [0.15, 0.2) is 0 Å². The van der Waals surface area contributed by atoms with Crippen molar-refractivity contribution in [2.75, 3.05) is 19.6 Å². The molecule has 116 valence electrons. The zero-order valence-electron chi connectivity index (χ0n) is 13.5. The van der Waals surface area contributed by atoms with Gasteiger partial charge >= 0.3 is 0 Å². The molecule has 3 heteroatoms. The molecular weight excluding hydrogens is 260 g/mol. The zero-order chi connectivity index (χ0) is 15.0. The van der Waals surface area contributed by atoms with Gasteiger partial charge in [0.2, 0.25) is 0 Å². The normalized spacial score (nSPS) is 32.3. The molecule has 0 saturated carbocycles. The topological polar surface area (TPSA) is 38.5 Å². The number of rotatable bonds is 2. The minimum Gasteiger partial charge on any atom is -0.487 e. The van der Waals surface area contributed by atoms with Crippen LogP contribution in [0.25, 0.3) is 0 Å². The van der Waals surface area contributed by atoms with E-state index in [1.807, 2.05) is 12.1 Å². The number of fused-ring (bicyclic) bond motifs is 1. The van der Waals surface area contributed by atoms with Gasteiger partial charge < -0.3 is 15.4 Å². The molecule has 2 heterocycles. The van der Waals surface area contributed by atoms with Gasteiger partial charge in [-0.2, -0.15) is 0 Å². The highest BCUT2D eigenvalue weighted by atomic mass is 16.5. The highest BCUT2D eigenvalue weighted by Gasteiger charge is 2.43. The Labute approximate surface area is 128 Å². The van der Waals surface area contributed by atoms with Gasteiger partial charge in [-0.3, -0.25) is 0 Å². The molecule has 2 N–H and O–H groups in total. The van der Waals surface area contributed by atoms with Crippen molar-refractivity contribution >= 4 is 0 Å². The maximum atomic E-state index is 6.61. The predicted octanol–water partition coefficient (Wildman–Crippen LogP) is 3.21. The van der Waals surface area contributed by atoms with E-state index in [9.17, 15) is 0 Å². The van der Waals surface area contributed by atoms with Crippen molar-refractivity contribution in [3.8, 4) is 5.75 Å². The first-order chi connectivity index (χ1) is 9.97. The van der Waals surface area contributed by atoms with Gasteiger partial charge in [0.05, 0.1) is 0 Å². The molecule has 1 fully saturated rings. The maximum absolute atomic E-state index is 6.61. The Hall–Kier alpha value is -1.06. The highest BCUT2D eigenvalue weighted by molar-refractivity contribution is 5.39. The molecule has 3 unspecified atom stereocenters. The first kappa shape index (κ1) is 14.9. The monoisotopic (exact) mass is 288 g/mol. The summed E-state index contributed by atoms with van der Waals surface area (Å²) in [6, 6.07) is 8.29. The summed E-state index contributed by atoms with van der Waals surface area (Å²) in [6.07, 6.45) is 2.66. The molecule has 3 atom stereocenters. The van der Waals surface area contributed by atoms with Gasteiger partial charge in [0, 0.05) is 30.6 Å². The number of likely N-dealkylation sites (tertiary alicyclic amines) is 1. The molecule has 3 nitrogen and oxygen atoms in total. The second-order valence-electron chi connectivity index (χ2n) is 7.38. The summed E-state index contributed by atoms with van der Waals surface area (Å²) in [7, 11) is 0. The molecule has 0 aliphatic carbocycles. The summed E-state index contributed by atoms with van der Waals surface area (Å²) in [5.41, 5.74) is 7.56. The minimum absolute atomic E-state index is 0.0576. The number of piperidine rings is 1. The van der Waals surface area contributed by atoms with Crippen LogP contribution in [0.4, 0.5) is 0 Å². The fourth-order valence-electron chi connectivity index (χ4n) is 3.92. The quantitative estimate of drug-likeness (QED) is 0.908. The van der Waals surface area contributed by atoms with Crippen LogP contribution in [-0.2, 0) is 0 Å².